The Morgan fingerprint density at radius 1 is 1.12 bits per heavy atom. The fraction of sp³-hybridized carbons (Fsp3) is 0.318. The minimum Gasteiger partial charge on any atom is -0.352 e. The van der Waals surface area contributed by atoms with Crippen LogP contribution in [0, 0.1) is 13.8 Å². The molecule has 0 atom stereocenters. The highest BCUT2D eigenvalue weighted by atomic mass is 35.5. The highest BCUT2D eigenvalue weighted by molar-refractivity contribution is 6.30. The fourth-order valence-corrected chi connectivity index (χ4v) is 3.37. The maximum atomic E-state index is 12.4. The predicted octanol–water partition coefficient (Wildman–Crippen LogP) is 5.49. The molecule has 1 N–H and O–H groups in total. The molecule has 0 fully saturated rings. The van der Waals surface area contributed by atoms with Crippen LogP contribution in [-0.2, 0) is 6.54 Å². The number of carbonyl (C=O) groups excluding carboxylic acids is 1. The predicted molar refractivity (Wildman–Crippen MR) is 109 cm³/mol. The van der Waals surface area contributed by atoms with Crippen LogP contribution in [0.5, 0.6) is 0 Å². The summed E-state index contributed by atoms with van der Waals surface area (Å²) in [6.07, 6.45) is 2.08. The molecule has 0 saturated heterocycles. The number of hydrogen-bond donors (Lipinski definition) is 1. The van der Waals surface area contributed by atoms with Crippen LogP contribution in [-0.4, -0.2) is 17.0 Å². The van der Waals surface area contributed by atoms with Crippen LogP contribution < -0.4 is 5.32 Å². The van der Waals surface area contributed by atoms with Crippen molar-refractivity contribution in [1.82, 2.24) is 9.88 Å². The number of amides is 1. The zero-order chi connectivity index (χ0) is 18.7. The summed E-state index contributed by atoms with van der Waals surface area (Å²) in [4.78, 5) is 12.4. The van der Waals surface area contributed by atoms with E-state index in [0.717, 1.165) is 47.4 Å². The number of hydrogen-bond acceptors (Lipinski definition) is 1. The number of rotatable bonds is 6. The standard InChI is InChI=1S/C22H25ClN2O/c1-4-5-12-24-22(26)18-8-11-21-20(13-18)15(2)16(3)25(21)14-17-6-9-19(23)10-7-17/h6-11,13H,4-5,12,14H2,1-3H3,(H,24,26). The Morgan fingerprint density at radius 3 is 2.54 bits per heavy atom. The van der Waals surface area contributed by atoms with E-state index in [1.807, 2.05) is 24.3 Å². The number of nitrogens with zero attached hydrogens (tertiary/aromatic N) is 1. The minimum atomic E-state index is 0.00264. The number of nitrogens with one attached hydrogen (secondary N) is 1. The van der Waals surface area contributed by atoms with Crippen molar-refractivity contribution in [2.75, 3.05) is 6.54 Å². The van der Waals surface area contributed by atoms with Crippen molar-refractivity contribution >= 4 is 28.4 Å². The van der Waals surface area contributed by atoms with Gasteiger partial charge in [0.05, 0.1) is 0 Å². The Hall–Kier alpha value is -2.26. The summed E-state index contributed by atoms with van der Waals surface area (Å²) in [6, 6.07) is 13.9. The fourth-order valence-electron chi connectivity index (χ4n) is 3.25. The summed E-state index contributed by atoms with van der Waals surface area (Å²) in [5.74, 6) is 0.00264. The van der Waals surface area contributed by atoms with Crippen LogP contribution in [0.3, 0.4) is 0 Å². The molecule has 0 aliphatic rings. The van der Waals surface area contributed by atoms with E-state index in [0.29, 0.717) is 0 Å². The molecule has 1 heterocycles. The second-order valence-corrected chi connectivity index (χ2v) is 7.20. The lowest BCUT2D eigenvalue weighted by Crippen LogP contribution is -2.24. The smallest absolute Gasteiger partial charge is 0.251 e. The molecule has 3 nitrogen and oxygen atoms in total. The van der Waals surface area contributed by atoms with E-state index < -0.39 is 0 Å². The maximum absolute atomic E-state index is 12.4. The molecule has 1 amide bonds. The molecule has 0 saturated carbocycles. The number of unbranched alkanes of at least 4 members (excludes halogenated alkanes) is 1. The third kappa shape index (κ3) is 3.78. The van der Waals surface area contributed by atoms with Gasteiger partial charge in [-0.1, -0.05) is 37.1 Å². The van der Waals surface area contributed by atoms with Crippen LogP contribution in [0.15, 0.2) is 42.5 Å². The molecule has 3 rings (SSSR count). The molecule has 0 spiro atoms. The van der Waals surface area contributed by atoms with Gasteiger partial charge in [-0.05, 0) is 61.7 Å². The van der Waals surface area contributed by atoms with Gasteiger partial charge in [0.1, 0.15) is 0 Å². The van der Waals surface area contributed by atoms with Gasteiger partial charge in [0.2, 0.25) is 0 Å². The summed E-state index contributed by atoms with van der Waals surface area (Å²) >= 11 is 5.99. The van der Waals surface area contributed by atoms with Crippen molar-refractivity contribution in [1.29, 1.82) is 0 Å². The number of aryl methyl sites for hydroxylation is 1. The zero-order valence-electron chi connectivity index (χ0n) is 15.6. The Kier molecular flexibility index (Phi) is 5.67. The van der Waals surface area contributed by atoms with Crippen molar-refractivity contribution in [3.63, 3.8) is 0 Å². The van der Waals surface area contributed by atoms with Gasteiger partial charge < -0.3 is 9.88 Å². The van der Waals surface area contributed by atoms with Gasteiger partial charge in [0, 0.05) is 40.3 Å². The summed E-state index contributed by atoms with van der Waals surface area (Å²) in [7, 11) is 0. The van der Waals surface area contributed by atoms with E-state index in [4.69, 9.17) is 11.6 Å². The summed E-state index contributed by atoms with van der Waals surface area (Å²) in [5.41, 5.74) is 5.52. The lowest BCUT2D eigenvalue weighted by atomic mass is 10.1. The van der Waals surface area contributed by atoms with E-state index in [-0.39, 0.29) is 5.91 Å². The number of carbonyl (C=O) groups is 1. The highest BCUT2D eigenvalue weighted by Gasteiger charge is 2.14. The second-order valence-electron chi connectivity index (χ2n) is 6.76. The van der Waals surface area contributed by atoms with Crippen LogP contribution in [0.25, 0.3) is 10.9 Å². The topological polar surface area (TPSA) is 34.0 Å². The molecule has 0 unspecified atom stereocenters. The van der Waals surface area contributed by atoms with Gasteiger partial charge in [-0.25, -0.2) is 0 Å². The SMILES string of the molecule is CCCCNC(=O)c1ccc2c(c1)c(C)c(C)n2Cc1ccc(Cl)cc1. The average molecular weight is 369 g/mol. The van der Waals surface area contributed by atoms with Gasteiger partial charge >= 0.3 is 0 Å². The van der Waals surface area contributed by atoms with Crippen molar-refractivity contribution < 1.29 is 4.79 Å². The molecule has 3 aromatic rings. The van der Waals surface area contributed by atoms with Crippen molar-refractivity contribution in [3.8, 4) is 0 Å². The molecule has 136 valence electrons. The number of halogens is 1. The lowest BCUT2D eigenvalue weighted by molar-refractivity contribution is 0.0953. The summed E-state index contributed by atoms with van der Waals surface area (Å²) < 4.78 is 2.30. The third-order valence-electron chi connectivity index (χ3n) is 4.97. The lowest BCUT2D eigenvalue weighted by Gasteiger charge is -2.09. The van der Waals surface area contributed by atoms with Crippen LogP contribution in [0.2, 0.25) is 5.02 Å². The Bertz CT molecular complexity index is 925. The maximum Gasteiger partial charge on any atom is 0.251 e. The number of aromatic nitrogens is 1. The van der Waals surface area contributed by atoms with E-state index >= 15 is 0 Å². The Balaban J connectivity index is 1.92. The second kappa shape index (κ2) is 7.96. The quantitative estimate of drug-likeness (QED) is 0.573. The number of fused-ring (bicyclic) bond motifs is 1. The van der Waals surface area contributed by atoms with E-state index in [9.17, 15) is 4.79 Å². The van der Waals surface area contributed by atoms with Crippen molar-refractivity contribution in [2.45, 2.75) is 40.2 Å². The summed E-state index contributed by atoms with van der Waals surface area (Å²) in [6.45, 7) is 7.88. The highest BCUT2D eigenvalue weighted by Crippen LogP contribution is 2.27. The van der Waals surface area contributed by atoms with E-state index in [1.165, 1.54) is 16.8 Å². The van der Waals surface area contributed by atoms with Gasteiger partial charge in [-0.15, -0.1) is 0 Å². The Morgan fingerprint density at radius 2 is 1.85 bits per heavy atom. The molecule has 0 radical (unpaired) electrons. The van der Waals surface area contributed by atoms with Gasteiger partial charge in [0.25, 0.3) is 5.91 Å². The molecule has 26 heavy (non-hydrogen) atoms. The molecular weight excluding hydrogens is 344 g/mol. The van der Waals surface area contributed by atoms with Gasteiger partial charge in [-0.2, -0.15) is 0 Å². The van der Waals surface area contributed by atoms with Crippen molar-refractivity contribution in [2.24, 2.45) is 0 Å². The monoisotopic (exact) mass is 368 g/mol. The summed E-state index contributed by atoms with van der Waals surface area (Å²) in [5, 5.41) is 4.88. The van der Waals surface area contributed by atoms with Gasteiger partial charge in [0.15, 0.2) is 0 Å². The first-order valence-corrected chi connectivity index (χ1v) is 9.51. The van der Waals surface area contributed by atoms with Crippen LogP contribution in [0.4, 0.5) is 0 Å². The minimum absolute atomic E-state index is 0.00264. The van der Waals surface area contributed by atoms with Crippen LogP contribution in [0.1, 0.15) is 46.9 Å². The Labute approximate surface area is 160 Å². The largest absolute Gasteiger partial charge is 0.352 e. The van der Waals surface area contributed by atoms with E-state index in [1.54, 1.807) is 0 Å². The first kappa shape index (κ1) is 18.5. The zero-order valence-corrected chi connectivity index (χ0v) is 16.4. The molecule has 0 aliphatic heterocycles. The average Bonchev–Trinajstić information content (AvgIpc) is 2.88. The molecule has 0 aliphatic carbocycles. The first-order valence-electron chi connectivity index (χ1n) is 9.13. The number of benzene rings is 2. The van der Waals surface area contributed by atoms with Crippen molar-refractivity contribution in [3.05, 3.63) is 69.9 Å². The molecular formula is C22H25ClN2O. The molecule has 0 bridgehead atoms. The first-order chi connectivity index (χ1) is 12.5. The third-order valence-corrected chi connectivity index (χ3v) is 5.22. The molecule has 4 heteroatoms. The molecule has 2 aromatic carbocycles. The van der Waals surface area contributed by atoms with E-state index in [2.05, 4.69) is 48.9 Å². The van der Waals surface area contributed by atoms with Crippen LogP contribution >= 0.6 is 11.6 Å². The molecule has 1 aromatic heterocycles. The van der Waals surface area contributed by atoms with Gasteiger partial charge in [-0.3, -0.25) is 4.79 Å². The normalized spacial score (nSPS) is 11.1.